The van der Waals surface area contributed by atoms with Gasteiger partial charge in [-0.1, -0.05) is 45.8 Å². The molecule has 0 N–H and O–H groups in total. The maximum atomic E-state index is 2.39. The van der Waals surface area contributed by atoms with Crippen LogP contribution in [0.2, 0.25) is 0 Å². The van der Waals surface area contributed by atoms with Crippen molar-refractivity contribution in [1.29, 1.82) is 0 Å². The zero-order valence-electron chi connectivity index (χ0n) is 9.19. The molecular formula is C12H24. The Bertz CT molecular complexity index is 122. The molecule has 0 saturated carbocycles. The highest BCUT2D eigenvalue weighted by atomic mass is 14.1. The van der Waals surface area contributed by atoms with Gasteiger partial charge in [0.15, 0.2) is 0 Å². The first kappa shape index (κ1) is 11.7. The van der Waals surface area contributed by atoms with Crippen LogP contribution in [0.1, 0.15) is 59.8 Å². The van der Waals surface area contributed by atoms with Crippen molar-refractivity contribution >= 4 is 0 Å². The SMILES string of the molecule is CCC=C(CC)CCC(C)CC. The van der Waals surface area contributed by atoms with E-state index in [2.05, 4.69) is 33.8 Å². The Balaban J connectivity index is 3.65. The van der Waals surface area contributed by atoms with E-state index in [1.165, 1.54) is 32.1 Å². The van der Waals surface area contributed by atoms with Crippen LogP contribution in [0.15, 0.2) is 11.6 Å². The van der Waals surface area contributed by atoms with Crippen LogP contribution >= 0.6 is 0 Å². The smallest absolute Gasteiger partial charge is 0.0318 e. The lowest BCUT2D eigenvalue weighted by Gasteiger charge is -2.09. The third kappa shape index (κ3) is 5.40. The molecule has 0 spiro atoms. The lowest BCUT2D eigenvalue weighted by molar-refractivity contribution is 0.512. The lowest BCUT2D eigenvalue weighted by atomic mass is 9.97. The summed E-state index contributed by atoms with van der Waals surface area (Å²) in [4.78, 5) is 0. The molecule has 0 aromatic carbocycles. The van der Waals surface area contributed by atoms with Crippen LogP contribution in [0.4, 0.5) is 0 Å². The van der Waals surface area contributed by atoms with Crippen LogP contribution in [0.5, 0.6) is 0 Å². The van der Waals surface area contributed by atoms with E-state index in [4.69, 9.17) is 0 Å². The molecule has 0 aliphatic carbocycles. The topological polar surface area (TPSA) is 0 Å². The summed E-state index contributed by atoms with van der Waals surface area (Å²) in [5.41, 5.74) is 1.65. The van der Waals surface area contributed by atoms with Crippen molar-refractivity contribution in [3.05, 3.63) is 11.6 Å². The number of allylic oxidation sites excluding steroid dienone is 2. The van der Waals surface area contributed by atoms with Crippen molar-refractivity contribution in [2.24, 2.45) is 5.92 Å². The molecule has 0 heterocycles. The minimum atomic E-state index is 0.900. The minimum Gasteiger partial charge on any atom is -0.0856 e. The summed E-state index contributed by atoms with van der Waals surface area (Å²) in [6.07, 6.45) is 8.84. The fraction of sp³-hybridized carbons (Fsp3) is 0.833. The first-order chi connectivity index (χ1) is 5.74. The summed E-state index contributed by atoms with van der Waals surface area (Å²) in [7, 11) is 0. The Kier molecular flexibility index (Phi) is 7.23. The van der Waals surface area contributed by atoms with Gasteiger partial charge in [-0.05, 0) is 31.6 Å². The maximum absolute atomic E-state index is 2.39. The third-order valence-corrected chi connectivity index (χ3v) is 2.60. The van der Waals surface area contributed by atoms with Gasteiger partial charge in [0.05, 0.1) is 0 Å². The van der Waals surface area contributed by atoms with E-state index < -0.39 is 0 Å². The van der Waals surface area contributed by atoms with E-state index in [1.54, 1.807) is 5.57 Å². The summed E-state index contributed by atoms with van der Waals surface area (Å²) in [6, 6.07) is 0. The predicted molar refractivity (Wildman–Crippen MR) is 57.4 cm³/mol. The quantitative estimate of drug-likeness (QED) is 0.510. The Hall–Kier alpha value is -0.260. The number of hydrogen-bond acceptors (Lipinski definition) is 0. The van der Waals surface area contributed by atoms with Crippen molar-refractivity contribution < 1.29 is 0 Å². The zero-order valence-corrected chi connectivity index (χ0v) is 9.19. The van der Waals surface area contributed by atoms with Crippen LogP contribution in [-0.4, -0.2) is 0 Å². The van der Waals surface area contributed by atoms with E-state index in [9.17, 15) is 0 Å². The molecule has 1 atom stereocenters. The zero-order chi connectivity index (χ0) is 9.40. The highest BCUT2D eigenvalue weighted by molar-refractivity contribution is 5.00. The van der Waals surface area contributed by atoms with Crippen LogP contribution in [-0.2, 0) is 0 Å². The fourth-order valence-electron chi connectivity index (χ4n) is 1.35. The molecule has 0 radical (unpaired) electrons. The Labute approximate surface area is 78.1 Å². The van der Waals surface area contributed by atoms with Crippen molar-refractivity contribution in [2.45, 2.75) is 59.8 Å². The molecule has 0 aliphatic rings. The predicted octanol–water partition coefficient (Wildman–Crippen LogP) is 4.56. The molecule has 12 heavy (non-hydrogen) atoms. The molecule has 0 amide bonds. The summed E-state index contributed by atoms with van der Waals surface area (Å²) < 4.78 is 0. The van der Waals surface area contributed by atoms with E-state index in [0.717, 1.165) is 5.92 Å². The number of rotatable bonds is 6. The second-order valence-corrected chi connectivity index (χ2v) is 3.68. The van der Waals surface area contributed by atoms with Crippen molar-refractivity contribution in [3.8, 4) is 0 Å². The second-order valence-electron chi connectivity index (χ2n) is 3.68. The minimum absolute atomic E-state index is 0.900. The highest BCUT2D eigenvalue weighted by Gasteiger charge is 2.00. The molecule has 0 saturated heterocycles. The van der Waals surface area contributed by atoms with Gasteiger partial charge >= 0.3 is 0 Å². The van der Waals surface area contributed by atoms with Gasteiger partial charge in [-0.3, -0.25) is 0 Å². The van der Waals surface area contributed by atoms with Crippen LogP contribution in [0.3, 0.4) is 0 Å². The standard InChI is InChI=1S/C12H24/c1-5-8-12(7-3)10-9-11(4)6-2/h8,11H,5-7,9-10H2,1-4H3. The monoisotopic (exact) mass is 168 g/mol. The van der Waals surface area contributed by atoms with Crippen molar-refractivity contribution in [1.82, 2.24) is 0 Å². The lowest BCUT2D eigenvalue weighted by Crippen LogP contribution is -1.93. The van der Waals surface area contributed by atoms with E-state index in [0.29, 0.717) is 0 Å². The van der Waals surface area contributed by atoms with Gasteiger partial charge < -0.3 is 0 Å². The maximum Gasteiger partial charge on any atom is -0.0318 e. The van der Waals surface area contributed by atoms with Gasteiger partial charge in [0.25, 0.3) is 0 Å². The largest absolute Gasteiger partial charge is 0.0856 e. The molecule has 72 valence electrons. The fourth-order valence-corrected chi connectivity index (χ4v) is 1.35. The van der Waals surface area contributed by atoms with E-state index in [1.807, 2.05) is 0 Å². The van der Waals surface area contributed by atoms with Gasteiger partial charge in [-0.2, -0.15) is 0 Å². The molecule has 1 unspecified atom stereocenters. The van der Waals surface area contributed by atoms with Gasteiger partial charge in [-0.15, -0.1) is 0 Å². The Morgan fingerprint density at radius 3 is 2.33 bits per heavy atom. The van der Waals surface area contributed by atoms with Gasteiger partial charge in [0.2, 0.25) is 0 Å². The third-order valence-electron chi connectivity index (χ3n) is 2.60. The molecule has 0 aromatic rings. The molecule has 0 rings (SSSR count). The van der Waals surface area contributed by atoms with Crippen LogP contribution in [0.25, 0.3) is 0 Å². The summed E-state index contributed by atoms with van der Waals surface area (Å²) in [5, 5.41) is 0. The summed E-state index contributed by atoms with van der Waals surface area (Å²) in [6.45, 7) is 9.11. The van der Waals surface area contributed by atoms with Crippen molar-refractivity contribution in [2.75, 3.05) is 0 Å². The second kappa shape index (κ2) is 7.39. The molecule has 0 nitrogen and oxygen atoms in total. The van der Waals surface area contributed by atoms with Gasteiger partial charge in [0.1, 0.15) is 0 Å². The average molecular weight is 168 g/mol. The molecular weight excluding hydrogens is 144 g/mol. The van der Waals surface area contributed by atoms with Gasteiger partial charge in [-0.25, -0.2) is 0 Å². The molecule has 0 aromatic heterocycles. The molecule has 0 fully saturated rings. The normalized spacial score (nSPS) is 14.8. The Morgan fingerprint density at radius 1 is 1.25 bits per heavy atom. The van der Waals surface area contributed by atoms with E-state index in [-0.39, 0.29) is 0 Å². The Morgan fingerprint density at radius 2 is 1.92 bits per heavy atom. The molecule has 0 aliphatic heterocycles. The summed E-state index contributed by atoms with van der Waals surface area (Å²) in [5.74, 6) is 0.900. The van der Waals surface area contributed by atoms with E-state index >= 15 is 0 Å². The first-order valence-electron chi connectivity index (χ1n) is 5.42. The van der Waals surface area contributed by atoms with Crippen molar-refractivity contribution in [3.63, 3.8) is 0 Å². The molecule has 0 heteroatoms. The van der Waals surface area contributed by atoms with Crippen LogP contribution in [0, 0.1) is 5.92 Å². The average Bonchev–Trinajstić information content (AvgIpc) is 2.11. The van der Waals surface area contributed by atoms with Gasteiger partial charge in [0, 0.05) is 0 Å². The number of hydrogen-bond donors (Lipinski definition) is 0. The summed E-state index contributed by atoms with van der Waals surface area (Å²) >= 11 is 0. The highest BCUT2D eigenvalue weighted by Crippen LogP contribution is 2.16. The molecule has 0 bridgehead atoms. The van der Waals surface area contributed by atoms with Crippen LogP contribution < -0.4 is 0 Å². The first-order valence-corrected chi connectivity index (χ1v) is 5.42.